The van der Waals surface area contributed by atoms with E-state index in [9.17, 15) is 13.5 Å². The summed E-state index contributed by atoms with van der Waals surface area (Å²) in [7, 11) is -1.19. The fourth-order valence-electron chi connectivity index (χ4n) is 10.6. The average Bonchev–Trinajstić information content (AvgIpc) is 3.48. The number of rotatable bonds is 11. The topological polar surface area (TPSA) is 78.9 Å². The molecule has 0 bridgehead atoms. The molecule has 2 saturated carbocycles. The summed E-state index contributed by atoms with van der Waals surface area (Å²) in [5.41, 5.74) is 6.24. The maximum atomic E-state index is 12.5. The number of benzene rings is 1. The van der Waals surface area contributed by atoms with Crippen LogP contribution in [0.2, 0.25) is 0 Å². The first-order valence-electron chi connectivity index (χ1n) is 18.3. The molecule has 7 heteroatoms. The Morgan fingerprint density at radius 1 is 1.15 bits per heavy atom. The van der Waals surface area contributed by atoms with Crippen LogP contribution >= 0.6 is 0 Å². The van der Waals surface area contributed by atoms with Gasteiger partial charge >= 0.3 is 0 Å². The Balaban J connectivity index is 0.989. The summed E-state index contributed by atoms with van der Waals surface area (Å²) < 4.78 is 35.0. The zero-order chi connectivity index (χ0) is 32.7. The van der Waals surface area contributed by atoms with Gasteiger partial charge in [0, 0.05) is 19.6 Å². The van der Waals surface area contributed by atoms with Gasteiger partial charge < -0.3 is 14.7 Å². The lowest BCUT2D eigenvalue weighted by molar-refractivity contribution is -0.0698. The van der Waals surface area contributed by atoms with E-state index in [1.54, 1.807) is 16.7 Å². The van der Waals surface area contributed by atoms with Crippen molar-refractivity contribution >= 4 is 10.0 Å². The lowest BCUT2D eigenvalue weighted by Crippen LogP contribution is -2.41. The predicted octanol–water partition coefficient (Wildman–Crippen LogP) is 6.90. The number of likely N-dealkylation sites (N-methyl/N-ethyl adjacent to an activating group) is 1. The van der Waals surface area contributed by atoms with E-state index in [0.717, 1.165) is 56.0 Å². The number of sulfonamides is 1. The molecular weight excluding hydrogens is 593 g/mol. The minimum absolute atomic E-state index is 0.0240. The summed E-state index contributed by atoms with van der Waals surface area (Å²) in [5.74, 6) is 3.41. The molecule has 4 aliphatic carbocycles. The summed E-state index contributed by atoms with van der Waals surface area (Å²) in [6.45, 7) is 11.8. The molecule has 9 atom stereocenters. The van der Waals surface area contributed by atoms with Crippen molar-refractivity contribution in [2.45, 2.75) is 116 Å². The number of allylic oxidation sites excluding steroid dienone is 2. The second-order valence-corrected chi connectivity index (χ2v) is 18.3. The molecule has 2 N–H and O–H groups in total. The van der Waals surface area contributed by atoms with Crippen molar-refractivity contribution in [3.63, 3.8) is 0 Å². The first kappa shape index (κ1) is 34.4. The Kier molecular flexibility index (Phi) is 10.3. The molecule has 0 radical (unpaired) electrons. The maximum Gasteiger partial charge on any atom is 0.211 e. The van der Waals surface area contributed by atoms with Crippen molar-refractivity contribution in [2.24, 2.45) is 35.0 Å². The Labute approximate surface area is 279 Å². The number of nitrogens with zero attached hydrogens (tertiary/aromatic N) is 1. The highest BCUT2D eigenvalue weighted by atomic mass is 32.2. The van der Waals surface area contributed by atoms with E-state index >= 15 is 0 Å². The van der Waals surface area contributed by atoms with Gasteiger partial charge in [-0.2, -0.15) is 0 Å². The van der Waals surface area contributed by atoms with Crippen molar-refractivity contribution in [2.75, 3.05) is 32.4 Å². The van der Waals surface area contributed by atoms with Crippen molar-refractivity contribution in [1.29, 1.82) is 0 Å². The molecule has 1 aromatic carbocycles. The van der Waals surface area contributed by atoms with Crippen LogP contribution in [-0.2, 0) is 21.2 Å². The van der Waals surface area contributed by atoms with Gasteiger partial charge in [-0.3, -0.25) is 0 Å². The highest BCUT2D eigenvalue weighted by molar-refractivity contribution is 7.89. The van der Waals surface area contributed by atoms with Gasteiger partial charge in [-0.1, -0.05) is 73.9 Å². The van der Waals surface area contributed by atoms with Crippen molar-refractivity contribution in [1.82, 2.24) is 9.62 Å². The van der Waals surface area contributed by atoms with E-state index in [1.165, 1.54) is 32.1 Å². The Morgan fingerprint density at radius 2 is 1.93 bits per heavy atom. The normalized spacial score (nSPS) is 36.7. The Hall–Kier alpha value is -1.51. The third-order valence-corrected chi connectivity index (χ3v) is 14.5. The molecule has 46 heavy (non-hydrogen) atoms. The summed E-state index contributed by atoms with van der Waals surface area (Å²) in [6, 6.07) is 9.80. The molecule has 0 unspecified atom stereocenters. The standard InChI is InChI=1S/C39H60N2O4S/c1-27(26-41(5)19-18-40-46(43,44)20-15-30-9-7-6-8-10-30)21-33-22-29(3)39(45-33)17-14-34-35-12-11-31-23-32(42)13-16-38(31,4)37(35)24-36(34)28(2)25-39/h6-10,23,27,29,32-35,37,40,42H,11-22,24-26H2,1-5H3/t27-,29+,32-,33+,34-,35-,37-,38-,39-/m0/s1. The van der Waals surface area contributed by atoms with E-state index in [0.29, 0.717) is 43.4 Å². The van der Waals surface area contributed by atoms with Gasteiger partial charge in [-0.15, -0.1) is 0 Å². The molecule has 1 aliphatic heterocycles. The lowest BCUT2D eigenvalue weighted by Gasteiger charge is -2.49. The SMILES string of the molecule is CC1=C2C[C@H]3[C@@H](CCC4=C[C@@H](O)CC[C@@]43C)[C@@H]2CC[C@@]2(C1)O[C@H](C[C@H](C)CN(C)CCNS(=O)(=O)CCc1ccccc1)C[C@H]2C. The molecule has 1 aromatic rings. The van der Waals surface area contributed by atoms with Crippen LogP contribution in [0.25, 0.3) is 0 Å². The minimum Gasteiger partial charge on any atom is -0.389 e. The zero-order valence-electron chi connectivity index (χ0n) is 29.1. The summed E-state index contributed by atoms with van der Waals surface area (Å²) in [6.07, 6.45) is 14.3. The number of hydrogen-bond acceptors (Lipinski definition) is 5. The number of hydrogen-bond donors (Lipinski definition) is 2. The number of ether oxygens (including phenoxy) is 1. The van der Waals surface area contributed by atoms with E-state index in [4.69, 9.17) is 4.74 Å². The third kappa shape index (κ3) is 7.24. The Morgan fingerprint density at radius 3 is 2.72 bits per heavy atom. The lowest BCUT2D eigenvalue weighted by atomic mass is 9.56. The van der Waals surface area contributed by atoms with Gasteiger partial charge in [-0.25, -0.2) is 13.1 Å². The number of aryl methyl sites for hydroxylation is 1. The molecule has 6 rings (SSSR count). The van der Waals surface area contributed by atoms with Gasteiger partial charge in [0.2, 0.25) is 10.0 Å². The van der Waals surface area contributed by atoms with Crippen LogP contribution in [0.3, 0.4) is 0 Å². The van der Waals surface area contributed by atoms with E-state index in [2.05, 4.69) is 50.4 Å². The van der Waals surface area contributed by atoms with Crippen LogP contribution in [0.4, 0.5) is 0 Å². The summed E-state index contributed by atoms with van der Waals surface area (Å²) >= 11 is 0. The summed E-state index contributed by atoms with van der Waals surface area (Å²) in [5, 5.41) is 10.3. The first-order valence-corrected chi connectivity index (χ1v) is 20.0. The first-order chi connectivity index (χ1) is 21.9. The number of aliphatic hydroxyl groups excluding tert-OH is 1. The van der Waals surface area contributed by atoms with E-state index < -0.39 is 10.0 Å². The number of nitrogens with one attached hydrogen (secondary N) is 1. The smallest absolute Gasteiger partial charge is 0.211 e. The van der Waals surface area contributed by atoms with Crippen LogP contribution in [0.5, 0.6) is 0 Å². The molecule has 5 aliphatic rings. The maximum absolute atomic E-state index is 12.5. The monoisotopic (exact) mass is 652 g/mol. The minimum atomic E-state index is -3.29. The highest BCUT2D eigenvalue weighted by Gasteiger charge is 2.56. The van der Waals surface area contributed by atoms with Gasteiger partial charge in [0.05, 0.1) is 23.6 Å². The van der Waals surface area contributed by atoms with E-state index in [-0.39, 0.29) is 22.9 Å². The second-order valence-electron chi connectivity index (χ2n) is 16.3. The quantitative estimate of drug-likeness (QED) is 0.254. The van der Waals surface area contributed by atoms with Crippen molar-refractivity contribution in [3.05, 3.63) is 58.7 Å². The molecule has 0 aromatic heterocycles. The van der Waals surface area contributed by atoms with Gasteiger partial charge in [0.1, 0.15) is 0 Å². The molecule has 3 fully saturated rings. The number of fused-ring (bicyclic) bond motifs is 5. The van der Waals surface area contributed by atoms with Crippen LogP contribution in [-0.4, -0.2) is 68.7 Å². The molecule has 6 nitrogen and oxygen atoms in total. The molecule has 0 amide bonds. The third-order valence-electron chi connectivity index (χ3n) is 13.1. The van der Waals surface area contributed by atoms with Gasteiger partial charge in [-0.05, 0) is 125 Å². The van der Waals surface area contributed by atoms with Crippen LogP contribution < -0.4 is 4.72 Å². The largest absolute Gasteiger partial charge is 0.389 e. The van der Waals surface area contributed by atoms with Crippen LogP contribution in [0, 0.1) is 35.0 Å². The molecule has 256 valence electrons. The fraction of sp³-hybridized carbons (Fsp3) is 0.744. The van der Waals surface area contributed by atoms with Crippen LogP contribution in [0.15, 0.2) is 53.1 Å². The Bertz CT molecular complexity index is 1390. The summed E-state index contributed by atoms with van der Waals surface area (Å²) in [4.78, 5) is 2.26. The molecule has 1 heterocycles. The average molecular weight is 653 g/mol. The molecular formula is C39H60N2O4S. The van der Waals surface area contributed by atoms with Gasteiger partial charge in [0.25, 0.3) is 0 Å². The number of aliphatic hydroxyl groups is 1. The predicted molar refractivity (Wildman–Crippen MR) is 187 cm³/mol. The van der Waals surface area contributed by atoms with E-state index in [1.807, 2.05) is 30.3 Å². The molecule has 1 saturated heterocycles. The van der Waals surface area contributed by atoms with Gasteiger partial charge in [0.15, 0.2) is 0 Å². The highest BCUT2D eigenvalue weighted by Crippen LogP contribution is 2.64. The van der Waals surface area contributed by atoms with Crippen LogP contribution in [0.1, 0.15) is 97.5 Å². The van der Waals surface area contributed by atoms with Crippen molar-refractivity contribution < 1.29 is 18.3 Å². The molecule has 1 spiro atoms. The zero-order valence-corrected chi connectivity index (χ0v) is 30.0. The fourth-order valence-corrected chi connectivity index (χ4v) is 11.7. The second kappa shape index (κ2) is 13.8. The van der Waals surface area contributed by atoms with Crippen molar-refractivity contribution in [3.8, 4) is 0 Å².